The highest BCUT2D eigenvalue weighted by Gasteiger charge is 2.23. The fraction of sp³-hybridized carbons (Fsp3) is 0.882. The van der Waals surface area contributed by atoms with E-state index in [9.17, 15) is 9.59 Å². The SMILES string of the molecule is CCCCCCCN(CC)CC(=O)N1CCN(CC(=O)O)CC1. The fourth-order valence-corrected chi connectivity index (χ4v) is 2.93. The summed E-state index contributed by atoms with van der Waals surface area (Å²) in [5.74, 6) is -0.625. The molecule has 0 bridgehead atoms. The topological polar surface area (TPSA) is 64.1 Å². The van der Waals surface area contributed by atoms with Crippen molar-refractivity contribution in [3.05, 3.63) is 0 Å². The number of carboxylic acids is 1. The van der Waals surface area contributed by atoms with Crippen molar-refractivity contribution in [2.75, 3.05) is 52.4 Å². The van der Waals surface area contributed by atoms with Crippen LogP contribution in [0.15, 0.2) is 0 Å². The minimum absolute atomic E-state index is 0.0703. The molecule has 1 amide bonds. The van der Waals surface area contributed by atoms with E-state index in [-0.39, 0.29) is 12.5 Å². The van der Waals surface area contributed by atoms with Gasteiger partial charge < -0.3 is 10.0 Å². The number of unbranched alkanes of at least 4 members (excludes halogenated alkanes) is 4. The molecule has 1 saturated heterocycles. The Bertz CT molecular complexity index is 355. The molecule has 0 aromatic heterocycles. The van der Waals surface area contributed by atoms with Crippen LogP contribution in [0, 0.1) is 0 Å². The van der Waals surface area contributed by atoms with E-state index in [1.54, 1.807) is 0 Å². The van der Waals surface area contributed by atoms with Crippen LogP contribution < -0.4 is 0 Å². The number of carbonyl (C=O) groups is 2. The van der Waals surface area contributed by atoms with Gasteiger partial charge in [0.25, 0.3) is 0 Å². The van der Waals surface area contributed by atoms with Gasteiger partial charge in [-0.25, -0.2) is 0 Å². The van der Waals surface area contributed by atoms with Crippen LogP contribution in [0.25, 0.3) is 0 Å². The molecule has 1 aliphatic rings. The Kier molecular flexibility index (Phi) is 9.87. The van der Waals surface area contributed by atoms with Gasteiger partial charge in [-0.3, -0.25) is 19.4 Å². The molecule has 0 unspecified atom stereocenters. The molecule has 0 radical (unpaired) electrons. The first-order valence-corrected chi connectivity index (χ1v) is 9.01. The zero-order valence-electron chi connectivity index (χ0n) is 14.8. The average molecular weight is 327 g/mol. The van der Waals surface area contributed by atoms with Crippen molar-refractivity contribution in [3.8, 4) is 0 Å². The number of carbonyl (C=O) groups excluding carboxylic acids is 1. The summed E-state index contributed by atoms with van der Waals surface area (Å²) in [5.41, 5.74) is 0. The quantitative estimate of drug-likeness (QED) is 0.583. The molecular formula is C17H33N3O3. The van der Waals surface area contributed by atoms with Crippen LogP contribution >= 0.6 is 0 Å². The standard InChI is InChI=1S/C17H33N3O3/c1-3-5-6-7-8-9-18(4-2)14-16(21)20-12-10-19(11-13-20)15-17(22)23/h3-15H2,1-2H3,(H,22,23). The van der Waals surface area contributed by atoms with E-state index in [4.69, 9.17) is 5.11 Å². The van der Waals surface area contributed by atoms with Crippen molar-refractivity contribution < 1.29 is 14.7 Å². The summed E-state index contributed by atoms with van der Waals surface area (Å²) in [6, 6.07) is 0. The number of hydrogen-bond donors (Lipinski definition) is 1. The highest BCUT2D eigenvalue weighted by molar-refractivity contribution is 5.78. The maximum atomic E-state index is 12.4. The van der Waals surface area contributed by atoms with Gasteiger partial charge in [0.2, 0.25) is 5.91 Å². The third-order valence-electron chi connectivity index (χ3n) is 4.47. The van der Waals surface area contributed by atoms with E-state index in [0.717, 1.165) is 19.5 Å². The van der Waals surface area contributed by atoms with Gasteiger partial charge in [-0.1, -0.05) is 39.5 Å². The molecule has 0 saturated carbocycles. The van der Waals surface area contributed by atoms with Crippen LogP contribution in [0.3, 0.4) is 0 Å². The van der Waals surface area contributed by atoms with E-state index >= 15 is 0 Å². The molecule has 134 valence electrons. The minimum atomic E-state index is -0.801. The average Bonchev–Trinajstić information content (AvgIpc) is 2.53. The zero-order valence-corrected chi connectivity index (χ0v) is 14.8. The molecule has 0 aromatic carbocycles. The van der Waals surface area contributed by atoms with Crippen LogP contribution in [0.4, 0.5) is 0 Å². The molecule has 1 aliphatic heterocycles. The lowest BCUT2D eigenvalue weighted by atomic mass is 10.1. The van der Waals surface area contributed by atoms with Crippen LogP contribution in [0.5, 0.6) is 0 Å². The van der Waals surface area contributed by atoms with E-state index in [2.05, 4.69) is 18.7 Å². The number of rotatable bonds is 11. The molecule has 0 aliphatic carbocycles. The van der Waals surface area contributed by atoms with Gasteiger partial charge in [-0.2, -0.15) is 0 Å². The van der Waals surface area contributed by atoms with Crippen LogP contribution in [-0.4, -0.2) is 84.0 Å². The molecule has 1 heterocycles. The van der Waals surface area contributed by atoms with Crippen LogP contribution in [0.1, 0.15) is 46.0 Å². The lowest BCUT2D eigenvalue weighted by Crippen LogP contribution is -2.52. The maximum Gasteiger partial charge on any atom is 0.317 e. The first-order valence-electron chi connectivity index (χ1n) is 9.01. The maximum absolute atomic E-state index is 12.4. The predicted octanol–water partition coefficient (Wildman–Crippen LogP) is 1.51. The summed E-state index contributed by atoms with van der Waals surface area (Å²) in [4.78, 5) is 29.1. The molecule has 0 spiro atoms. The summed E-state index contributed by atoms with van der Waals surface area (Å²) >= 11 is 0. The van der Waals surface area contributed by atoms with Gasteiger partial charge in [0.1, 0.15) is 0 Å². The lowest BCUT2D eigenvalue weighted by molar-refractivity contribution is -0.139. The molecule has 23 heavy (non-hydrogen) atoms. The summed E-state index contributed by atoms with van der Waals surface area (Å²) in [6.45, 7) is 9.35. The van der Waals surface area contributed by atoms with Gasteiger partial charge in [0.15, 0.2) is 0 Å². The highest BCUT2D eigenvalue weighted by Crippen LogP contribution is 2.06. The summed E-state index contributed by atoms with van der Waals surface area (Å²) < 4.78 is 0. The van der Waals surface area contributed by atoms with Crippen molar-refractivity contribution in [1.29, 1.82) is 0 Å². The highest BCUT2D eigenvalue weighted by atomic mass is 16.4. The van der Waals surface area contributed by atoms with E-state index in [0.29, 0.717) is 32.7 Å². The van der Waals surface area contributed by atoms with Gasteiger partial charge >= 0.3 is 5.97 Å². The van der Waals surface area contributed by atoms with E-state index in [1.165, 1.54) is 25.7 Å². The van der Waals surface area contributed by atoms with Gasteiger partial charge in [-0.05, 0) is 19.5 Å². The van der Waals surface area contributed by atoms with Gasteiger partial charge in [0.05, 0.1) is 13.1 Å². The van der Waals surface area contributed by atoms with E-state index < -0.39 is 5.97 Å². The summed E-state index contributed by atoms with van der Waals surface area (Å²) in [6.07, 6.45) is 6.24. The van der Waals surface area contributed by atoms with Crippen molar-refractivity contribution in [1.82, 2.24) is 14.7 Å². The Labute approximate surface area is 140 Å². The van der Waals surface area contributed by atoms with Crippen molar-refractivity contribution in [2.45, 2.75) is 46.0 Å². The van der Waals surface area contributed by atoms with Gasteiger partial charge in [0, 0.05) is 26.2 Å². The second kappa shape index (κ2) is 11.4. The molecule has 1 fully saturated rings. The van der Waals surface area contributed by atoms with Crippen molar-refractivity contribution in [3.63, 3.8) is 0 Å². The Morgan fingerprint density at radius 2 is 1.65 bits per heavy atom. The molecular weight excluding hydrogens is 294 g/mol. The number of likely N-dealkylation sites (N-methyl/N-ethyl adjacent to an activating group) is 1. The van der Waals surface area contributed by atoms with Crippen LogP contribution in [-0.2, 0) is 9.59 Å². The molecule has 6 nitrogen and oxygen atoms in total. The number of amides is 1. The normalized spacial score (nSPS) is 16.0. The monoisotopic (exact) mass is 327 g/mol. The summed E-state index contributed by atoms with van der Waals surface area (Å²) in [7, 11) is 0. The third-order valence-corrected chi connectivity index (χ3v) is 4.47. The number of nitrogens with zero attached hydrogens (tertiary/aromatic N) is 3. The Morgan fingerprint density at radius 3 is 2.22 bits per heavy atom. The van der Waals surface area contributed by atoms with Crippen LogP contribution in [0.2, 0.25) is 0 Å². The molecule has 6 heteroatoms. The summed E-state index contributed by atoms with van der Waals surface area (Å²) in [5, 5.41) is 8.80. The number of piperazine rings is 1. The first-order chi connectivity index (χ1) is 11.1. The minimum Gasteiger partial charge on any atom is -0.480 e. The fourth-order valence-electron chi connectivity index (χ4n) is 2.93. The number of aliphatic carboxylic acids is 1. The van der Waals surface area contributed by atoms with Crippen molar-refractivity contribution in [2.24, 2.45) is 0 Å². The Balaban J connectivity index is 2.24. The second-order valence-corrected chi connectivity index (χ2v) is 6.33. The molecule has 1 rings (SSSR count). The van der Waals surface area contributed by atoms with Crippen molar-refractivity contribution >= 4 is 11.9 Å². The van der Waals surface area contributed by atoms with Gasteiger partial charge in [-0.15, -0.1) is 0 Å². The molecule has 0 aromatic rings. The largest absolute Gasteiger partial charge is 0.480 e. The zero-order chi connectivity index (χ0) is 17.1. The smallest absolute Gasteiger partial charge is 0.317 e. The molecule has 1 N–H and O–H groups in total. The third kappa shape index (κ3) is 8.32. The molecule has 0 atom stereocenters. The number of hydrogen-bond acceptors (Lipinski definition) is 4. The lowest BCUT2D eigenvalue weighted by Gasteiger charge is -2.35. The first kappa shape index (κ1) is 19.9. The number of carboxylic acid groups (broad SMARTS) is 1. The Morgan fingerprint density at radius 1 is 1.00 bits per heavy atom. The second-order valence-electron chi connectivity index (χ2n) is 6.33. The Hall–Kier alpha value is -1.14. The van der Waals surface area contributed by atoms with E-state index in [1.807, 2.05) is 9.80 Å². The predicted molar refractivity (Wildman–Crippen MR) is 91.5 cm³/mol.